The predicted octanol–water partition coefficient (Wildman–Crippen LogP) is 3.16. The number of rotatable bonds is 4. The Morgan fingerprint density at radius 1 is 1.25 bits per heavy atom. The Morgan fingerprint density at radius 2 is 2.10 bits per heavy atom. The molecule has 106 valence electrons. The second-order valence-electron chi connectivity index (χ2n) is 5.31. The number of piperidine rings is 1. The Balaban J connectivity index is 1.71. The van der Waals surface area contributed by atoms with Gasteiger partial charge in [0.2, 0.25) is 0 Å². The SMILES string of the molecule is OCC1CCCCN1Cc1csc(-c2ccccc2)n1. The van der Waals surface area contributed by atoms with Gasteiger partial charge in [0.15, 0.2) is 0 Å². The summed E-state index contributed by atoms with van der Waals surface area (Å²) in [6.45, 7) is 2.19. The molecule has 1 fully saturated rings. The number of hydrogen-bond donors (Lipinski definition) is 1. The average Bonchev–Trinajstić information content (AvgIpc) is 2.97. The van der Waals surface area contributed by atoms with Crippen LogP contribution in [-0.4, -0.2) is 34.2 Å². The van der Waals surface area contributed by atoms with Crippen molar-refractivity contribution in [3.8, 4) is 10.6 Å². The highest BCUT2D eigenvalue weighted by atomic mass is 32.1. The Kier molecular flexibility index (Phi) is 4.45. The maximum absolute atomic E-state index is 9.46. The Bertz CT molecular complexity index is 540. The molecule has 0 spiro atoms. The zero-order valence-corrected chi connectivity index (χ0v) is 12.4. The number of hydrogen-bond acceptors (Lipinski definition) is 4. The third-order valence-electron chi connectivity index (χ3n) is 3.90. The van der Waals surface area contributed by atoms with Gasteiger partial charge in [0.05, 0.1) is 12.3 Å². The molecule has 0 radical (unpaired) electrons. The fourth-order valence-corrected chi connectivity index (χ4v) is 3.59. The lowest BCUT2D eigenvalue weighted by molar-refractivity contribution is 0.0832. The minimum Gasteiger partial charge on any atom is -0.395 e. The lowest BCUT2D eigenvalue weighted by atomic mass is 10.0. The van der Waals surface area contributed by atoms with Crippen molar-refractivity contribution in [3.63, 3.8) is 0 Å². The minimum absolute atomic E-state index is 0.260. The molecule has 1 atom stereocenters. The predicted molar refractivity (Wildman–Crippen MR) is 82.7 cm³/mol. The molecular formula is C16H20N2OS. The lowest BCUT2D eigenvalue weighted by Gasteiger charge is -2.33. The van der Waals surface area contributed by atoms with Gasteiger partial charge in [-0.15, -0.1) is 11.3 Å². The summed E-state index contributed by atoms with van der Waals surface area (Å²) in [6, 6.07) is 10.6. The number of benzene rings is 1. The van der Waals surface area contributed by atoms with Crippen LogP contribution in [0.2, 0.25) is 0 Å². The third kappa shape index (κ3) is 3.08. The van der Waals surface area contributed by atoms with E-state index in [9.17, 15) is 5.11 Å². The number of thiazole rings is 1. The molecule has 0 saturated carbocycles. The van der Waals surface area contributed by atoms with E-state index in [1.807, 2.05) is 18.2 Å². The number of aliphatic hydroxyl groups excluding tert-OH is 1. The van der Waals surface area contributed by atoms with Crippen molar-refractivity contribution in [2.45, 2.75) is 31.8 Å². The van der Waals surface area contributed by atoms with Gasteiger partial charge in [-0.3, -0.25) is 4.90 Å². The van der Waals surface area contributed by atoms with Gasteiger partial charge in [0.1, 0.15) is 5.01 Å². The molecule has 2 aromatic rings. The molecule has 1 aliphatic heterocycles. The van der Waals surface area contributed by atoms with Crippen LogP contribution in [0.5, 0.6) is 0 Å². The molecule has 1 saturated heterocycles. The Morgan fingerprint density at radius 3 is 2.90 bits per heavy atom. The minimum atomic E-state index is 0.260. The van der Waals surface area contributed by atoms with Crippen LogP contribution in [-0.2, 0) is 6.54 Å². The quantitative estimate of drug-likeness (QED) is 0.939. The molecule has 0 amide bonds. The normalized spacial score (nSPS) is 20.1. The van der Waals surface area contributed by atoms with Crippen molar-refractivity contribution in [1.29, 1.82) is 0 Å². The van der Waals surface area contributed by atoms with Crippen LogP contribution in [0.15, 0.2) is 35.7 Å². The van der Waals surface area contributed by atoms with E-state index in [2.05, 4.69) is 22.4 Å². The van der Waals surface area contributed by atoms with Gasteiger partial charge >= 0.3 is 0 Å². The van der Waals surface area contributed by atoms with Crippen LogP contribution in [0.3, 0.4) is 0 Å². The molecule has 0 aliphatic carbocycles. The molecule has 4 heteroatoms. The molecule has 0 bridgehead atoms. The average molecular weight is 288 g/mol. The van der Waals surface area contributed by atoms with E-state index < -0.39 is 0 Å². The van der Waals surface area contributed by atoms with Crippen LogP contribution in [0.25, 0.3) is 10.6 Å². The van der Waals surface area contributed by atoms with Crippen LogP contribution >= 0.6 is 11.3 Å². The van der Waals surface area contributed by atoms with Crippen LogP contribution in [0.4, 0.5) is 0 Å². The molecule has 1 aliphatic rings. The van der Waals surface area contributed by atoms with Gasteiger partial charge < -0.3 is 5.11 Å². The van der Waals surface area contributed by atoms with Crippen LogP contribution < -0.4 is 0 Å². The van der Waals surface area contributed by atoms with Gasteiger partial charge in [-0.25, -0.2) is 4.98 Å². The third-order valence-corrected chi connectivity index (χ3v) is 4.84. The molecule has 1 aromatic heterocycles. The zero-order valence-electron chi connectivity index (χ0n) is 11.5. The van der Waals surface area contributed by atoms with E-state index in [1.165, 1.54) is 18.4 Å². The molecule has 1 N–H and O–H groups in total. The van der Waals surface area contributed by atoms with E-state index in [1.54, 1.807) is 11.3 Å². The summed E-state index contributed by atoms with van der Waals surface area (Å²) < 4.78 is 0. The second kappa shape index (κ2) is 6.48. The van der Waals surface area contributed by atoms with E-state index in [0.717, 1.165) is 30.2 Å². The van der Waals surface area contributed by atoms with Crippen molar-refractivity contribution in [2.24, 2.45) is 0 Å². The van der Waals surface area contributed by atoms with Crippen molar-refractivity contribution in [2.75, 3.05) is 13.2 Å². The van der Waals surface area contributed by atoms with Gasteiger partial charge in [-0.05, 0) is 19.4 Å². The fraction of sp³-hybridized carbons (Fsp3) is 0.438. The molecule has 3 rings (SSSR count). The van der Waals surface area contributed by atoms with Crippen molar-refractivity contribution < 1.29 is 5.11 Å². The molecule has 1 aromatic carbocycles. The Hall–Kier alpha value is -1.23. The number of aromatic nitrogens is 1. The first-order chi connectivity index (χ1) is 9.86. The molecule has 1 unspecified atom stereocenters. The lowest BCUT2D eigenvalue weighted by Crippen LogP contribution is -2.41. The maximum Gasteiger partial charge on any atom is 0.123 e. The first-order valence-corrected chi connectivity index (χ1v) is 8.09. The molecule has 3 nitrogen and oxygen atoms in total. The van der Waals surface area contributed by atoms with Crippen LogP contribution in [0.1, 0.15) is 25.0 Å². The summed E-state index contributed by atoms with van der Waals surface area (Å²) in [5, 5.41) is 12.7. The fourth-order valence-electron chi connectivity index (χ4n) is 2.78. The highest BCUT2D eigenvalue weighted by molar-refractivity contribution is 7.13. The second-order valence-corrected chi connectivity index (χ2v) is 6.17. The smallest absolute Gasteiger partial charge is 0.123 e. The summed E-state index contributed by atoms with van der Waals surface area (Å²) in [7, 11) is 0. The number of likely N-dealkylation sites (tertiary alicyclic amines) is 1. The number of nitrogens with zero attached hydrogens (tertiary/aromatic N) is 2. The standard InChI is InChI=1S/C16H20N2OS/c19-11-15-8-4-5-9-18(15)10-14-12-20-16(17-14)13-6-2-1-3-7-13/h1-3,6-7,12,15,19H,4-5,8-11H2. The largest absolute Gasteiger partial charge is 0.395 e. The van der Waals surface area contributed by atoms with E-state index in [0.29, 0.717) is 6.04 Å². The van der Waals surface area contributed by atoms with Crippen LogP contribution in [0, 0.1) is 0 Å². The van der Waals surface area contributed by atoms with Gasteiger partial charge in [-0.1, -0.05) is 36.8 Å². The number of aliphatic hydroxyl groups is 1. The summed E-state index contributed by atoms with van der Waals surface area (Å²) in [5.74, 6) is 0. The zero-order chi connectivity index (χ0) is 13.8. The first-order valence-electron chi connectivity index (χ1n) is 7.21. The maximum atomic E-state index is 9.46. The highest BCUT2D eigenvalue weighted by Crippen LogP contribution is 2.25. The summed E-state index contributed by atoms with van der Waals surface area (Å²) in [4.78, 5) is 7.11. The first kappa shape index (κ1) is 13.7. The highest BCUT2D eigenvalue weighted by Gasteiger charge is 2.22. The molecule has 20 heavy (non-hydrogen) atoms. The summed E-state index contributed by atoms with van der Waals surface area (Å²) in [6.07, 6.45) is 3.56. The van der Waals surface area contributed by atoms with E-state index in [4.69, 9.17) is 4.98 Å². The van der Waals surface area contributed by atoms with Gasteiger partial charge in [0.25, 0.3) is 0 Å². The topological polar surface area (TPSA) is 36.4 Å². The van der Waals surface area contributed by atoms with Crippen molar-refractivity contribution in [1.82, 2.24) is 9.88 Å². The summed E-state index contributed by atoms with van der Waals surface area (Å²) >= 11 is 1.70. The van der Waals surface area contributed by atoms with Crippen molar-refractivity contribution in [3.05, 3.63) is 41.4 Å². The van der Waals surface area contributed by atoms with E-state index >= 15 is 0 Å². The molecule has 2 heterocycles. The molecular weight excluding hydrogens is 268 g/mol. The van der Waals surface area contributed by atoms with Gasteiger partial charge in [-0.2, -0.15) is 0 Å². The monoisotopic (exact) mass is 288 g/mol. The van der Waals surface area contributed by atoms with E-state index in [-0.39, 0.29) is 6.61 Å². The summed E-state index contributed by atoms with van der Waals surface area (Å²) in [5.41, 5.74) is 2.30. The Labute approximate surface area is 123 Å². The van der Waals surface area contributed by atoms with Gasteiger partial charge in [0, 0.05) is 23.5 Å². The van der Waals surface area contributed by atoms with Crippen molar-refractivity contribution >= 4 is 11.3 Å².